The highest BCUT2D eigenvalue weighted by atomic mass is 16.4. The predicted octanol–water partition coefficient (Wildman–Crippen LogP) is 1.60. The standard InChI is InChI=1S/C9H17N3O/c1-9(2,3)12-8-11-7(5-10-4)6-13-8/h6,10H,5H2,1-4H3,(H,11,12). The van der Waals surface area contributed by atoms with Crippen molar-refractivity contribution in [1.29, 1.82) is 0 Å². The molecule has 0 aliphatic heterocycles. The van der Waals surface area contributed by atoms with Crippen LogP contribution < -0.4 is 10.6 Å². The third kappa shape index (κ3) is 3.46. The normalized spacial score (nSPS) is 11.7. The molecule has 1 heterocycles. The maximum absolute atomic E-state index is 5.23. The van der Waals surface area contributed by atoms with E-state index < -0.39 is 0 Å². The van der Waals surface area contributed by atoms with E-state index >= 15 is 0 Å². The topological polar surface area (TPSA) is 50.1 Å². The fourth-order valence-electron chi connectivity index (χ4n) is 0.947. The molecule has 13 heavy (non-hydrogen) atoms. The Labute approximate surface area is 78.7 Å². The highest BCUT2D eigenvalue weighted by Gasteiger charge is 2.12. The summed E-state index contributed by atoms with van der Waals surface area (Å²) in [6.45, 7) is 6.92. The lowest BCUT2D eigenvalue weighted by molar-refractivity contribution is 0.530. The van der Waals surface area contributed by atoms with Gasteiger partial charge in [-0.05, 0) is 27.8 Å². The molecule has 0 saturated carbocycles. The summed E-state index contributed by atoms with van der Waals surface area (Å²) in [6.07, 6.45) is 1.66. The monoisotopic (exact) mass is 183 g/mol. The van der Waals surface area contributed by atoms with E-state index in [2.05, 4.69) is 36.4 Å². The number of anilines is 1. The van der Waals surface area contributed by atoms with Crippen LogP contribution in [0.3, 0.4) is 0 Å². The fraction of sp³-hybridized carbons (Fsp3) is 0.667. The number of aromatic nitrogens is 1. The molecular weight excluding hydrogens is 166 g/mol. The smallest absolute Gasteiger partial charge is 0.295 e. The van der Waals surface area contributed by atoms with Gasteiger partial charge >= 0.3 is 0 Å². The molecule has 0 amide bonds. The summed E-state index contributed by atoms with van der Waals surface area (Å²) < 4.78 is 5.23. The molecule has 0 aromatic carbocycles. The van der Waals surface area contributed by atoms with Crippen molar-refractivity contribution in [3.8, 4) is 0 Å². The van der Waals surface area contributed by atoms with Gasteiger partial charge in [-0.25, -0.2) is 0 Å². The van der Waals surface area contributed by atoms with Crippen LogP contribution in [0.2, 0.25) is 0 Å². The molecule has 0 spiro atoms. The zero-order valence-corrected chi connectivity index (χ0v) is 8.64. The molecule has 0 bridgehead atoms. The van der Waals surface area contributed by atoms with Crippen LogP contribution in [0, 0.1) is 0 Å². The molecule has 1 aromatic heterocycles. The summed E-state index contributed by atoms with van der Waals surface area (Å²) in [5.74, 6) is 0. The fourth-order valence-corrected chi connectivity index (χ4v) is 0.947. The molecule has 74 valence electrons. The van der Waals surface area contributed by atoms with E-state index in [1.54, 1.807) is 6.26 Å². The van der Waals surface area contributed by atoms with Gasteiger partial charge in [0.1, 0.15) is 6.26 Å². The number of nitrogens with zero attached hydrogens (tertiary/aromatic N) is 1. The molecule has 0 unspecified atom stereocenters. The van der Waals surface area contributed by atoms with Crippen LogP contribution in [-0.2, 0) is 6.54 Å². The van der Waals surface area contributed by atoms with Gasteiger partial charge in [0.2, 0.25) is 0 Å². The summed E-state index contributed by atoms with van der Waals surface area (Å²) in [7, 11) is 1.88. The second-order valence-corrected chi connectivity index (χ2v) is 4.05. The zero-order valence-electron chi connectivity index (χ0n) is 8.64. The van der Waals surface area contributed by atoms with Gasteiger partial charge in [-0.15, -0.1) is 0 Å². The highest BCUT2D eigenvalue weighted by Crippen LogP contribution is 2.13. The van der Waals surface area contributed by atoms with Crippen molar-refractivity contribution >= 4 is 6.01 Å². The second kappa shape index (κ2) is 3.79. The molecule has 0 atom stereocenters. The molecule has 4 heteroatoms. The Kier molecular flexibility index (Phi) is 2.93. The van der Waals surface area contributed by atoms with Crippen LogP contribution in [0.15, 0.2) is 10.7 Å². The SMILES string of the molecule is CNCc1coc(NC(C)(C)C)n1. The first kappa shape index (κ1) is 10.1. The van der Waals surface area contributed by atoms with Gasteiger partial charge in [-0.3, -0.25) is 0 Å². The molecule has 0 fully saturated rings. The Morgan fingerprint density at radius 2 is 2.15 bits per heavy atom. The van der Waals surface area contributed by atoms with Crippen LogP contribution in [0.4, 0.5) is 6.01 Å². The van der Waals surface area contributed by atoms with E-state index in [4.69, 9.17) is 4.42 Å². The summed E-state index contributed by atoms with van der Waals surface area (Å²) in [5.41, 5.74) is 0.899. The predicted molar refractivity (Wildman–Crippen MR) is 52.6 cm³/mol. The van der Waals surface area contributed by atoms with E-state index in [1.165, 1.54) is 0 Å². The quantitative estimate of drug-likeness (QED) is 0.747. The van der Waals surface area contributed by atoms with Crippen molar-refractivity contribution in [2.75, 3.05) is 12.4 Å². The van der Waals surface area contributed by atoms with Crippen LogP contribution in [-0.4, -0.2) is 17.6 Å². The van der Waals surface area contributed by atoms with Gasteiger partial charge in [0, 0.05) is 12.1 Å². The molecule has 0 aliphatic rings. The van der Waals surface area contributed by atoms with Crippen LogP contribution >= 0.6 is 0 Å². The Morgan fingerprint density at radius 1 is 1.46 bits per heavy atom. The Balaban J connectivity index is 2.59. The first-order chi connectivity index (χ1) is 6.01. The van der Waals surface area contributed by atoms with Crippen LogP contribution in [0.5, 0.6) is 0 Å². The maximum Gasteiger partial charge on any atom is 0.295 e. The first-order valence-electron chi connectivity index (χ1n) is 4.38. The second-order valence-electron chi connectivity index (χ2n) is 4.05. The van der Waals surface area contributed by atoms with Crippen molar-refractivity contribution in [2.24, 2.45) is 0 Å². The highest BCUT2D eigenvalue weighted by molar-refractivity contribution is 5.24. The largest absolute Gasteiger partial charge is 0.432 e. The van der Waals surface area contributed by atoms with Crippen LogP contribution in [0.1, 0.15) is 26.5 Å². The Morgan fingerprint density at radius 3 is 2.69 bits per heavy atom. The maximum atomic E-state index is 5.23. The van der Waals surface area contributed by atoms with E-state index in [-0.39, 0.29) is 5.54 Å². The van der Waals surface area contributed by atoms with Gasteiger partial charge in [0.25, 0.3) is 6.01 Å². The average Bonchev–Trinajstić information content (AvgIpc) is 2.33. The molecule has 0 saturated heterocycles. The van der Waals surface area contributed by atoms with Gasteiger partial charge in [-0.1, -0.05) is 0 Å². The minimum absolute atomic E-state index is 0.0121. The number of oxazole rings is 1. The molecule has 1 rings (SSSR count). The van der Waals surface area contributed by atoms with Crippen molar-refractivity contribution in [3.05, 3.63) is 12.0 Å². The number of nitrogens with one attached hydrogen (secondary N) is 2. The van der Waals surface area contributed by atoms with E-state index in [1.807, 2.05) is 7.05 Å². The lowest BCUT2D eigenvalue weighted by atomic mass is 10.1. The molecule has 0 radical (unpaired) electrons. The molecular formula is C9H17N3O. The lowest BCUT2D eigenvalue weighted by Gasteiger charge is -2.18. The summed E-state index contributed by atoms with van der Waals surface area (Å²) in [4.78, 5) is 4.25. The van der Waals surface area contributed by atoms with Gasteiger partial charge in [-0.2, -0.15) is 4.98 Å². The molecule has 1 aromatic rings. The van der Waals surface area contributed by atoms with E-state index in [0.29, 0.717) is 6.01 Å². The third-order valence-electron chi connectivity index (χ3n) is 1.39. The molecule has 2 N–H and O–H groups in total. The van der Waals surface area contributed by atoms with Crippen molar-refractivity contribution < 1.29 is 4.42 Å². The first-order valence-corrected chi connectivity index (χ1v) is 4.38. The summed E-state index contributed by atoms with van der Waals surface area (Å²) >= 11 is 0. The minimum Gasteiger partial charge on any atom is -0.432 e. The zero-order chi connectivity index (χ0) is 9.90. The third-order valence-corrected chi connectivity index (χ3v) is 1.39. The number of rotatable bonds is 3. The van der Waals surface area contributed by atoms with E-state index in [9.17, 15) is 0 Å². The summed E-state index contributed by atoms with van der Waals surface area (Å²) in [5, 5.41) is 6.16. The van der Waals surface area contributed by atoms with Gasteiger partial charge in [0.15, 0.2) is 0 Å². The number of hydrogen-bond acceptors (Lipinski definition) is 4. The van der Waals surface area contributed by atoms with Gasteiger partial charge in [0.05, 0.1) is 5.69 Å². The van der Waals surface area contributed by atoms with Crippen molar-refractivity contribution in [3.63, 3.8) is 0 Å². The van der Waals surface area contributed by atoms with Crippen molar-refractivity contribution in [2.45, 2.75) is 32.9 Å². The Hall–Kier alpha value is -1.03. The van der Waals surface area contributed by atoms with E-state index in [0.717, 1.165) is 12.2 Å². The molecule has 0 aliphatic carbocycles. The lowest BCUT2D eigenvalue weighted by Crippen LogP contribution is -2.26. The Bertz CT molecular complexity index is 262. The van der Waals surface area contributed by atoms with Gasteiger partial charge < -0.3 is 15.1 Å². The summed E-state index contributed by atoms with van der Waals surface area (Å²) in [6, 6.07) is 0.581. The van der Waals surface area contributed by atoms with Crippen molar-refractivity contribution in [1.82, 2.24) is 10.3 Å². The number of hydrogen-bond donors (Lipinski definition) is 2. The average molecular weight is 183 g/mol. The minimum atomic E-state index is -0.0121. The van der Waals surface area contributed by atoms with Crippen LogP contribution in [0.25, 0.3) is 0 Å². The molecule has 4 nitrogen and oxygen atoms in total.